The maximum atomic E-state index is 5.15. The van der Waals surface area contributed by atoms with Crippen molar-refractivity contribution in [2.24, 2.45) is 7.05 Å². The zero-order valence-corrected chi connectivity index (χ0v) is 8.52. The van der Waals surface area contributed by atoms with Crippen LogP contribution in [-0.4, -0.2) is 11.1 Å². The Morgan fingerprint density at radius 2 is 2.23 bits per heavy atom. The molecule has 1 N–H and O–H groups in total. The van der Waals surface area contributed by atoms with E-state index >= 15 is 0 Å². The van der Waals surface area contributed by atoms with E-state index in [9.17, 15) is 0 Å². The fourth-order valence-electron chi connectivity index (χ4n) is 1.38. The van der Waals surface area contributed by atoms with Crippen LogP contribution < -0.4 is 5.32 Å². The van der Waals surface area contributed by atoms with Gasteiger partial charge in [-0.3, -0.25) is 0 Å². The average Bonchev–Trinajstić information content (AvgIpc) is 2.34. The normalized spacial score (nSPS) is 10.0. The Bertz CT molecular complexity index is 329. The first kappa shape index (κ1) is 9.88. The molecule has 0 radical (unpaired) electrons. The van der Waals surface area contributed by atoms with Crippen LogP contribution in [0.1, 0.15) is 17.0 Å². The molecule has 0 unspecified atom stereocenters. The number of hydrogen-bond donors (Lipinski definition) is 1. The van der Waals surface area contributed by atoms with Gasteiger partial charge in [-0.15, -0.1) is 6.42 Å². The van der Waals surface area contributed by atoms with Crippen LogP contribution in [-0.2, 0) is 13.6 Å². The van der Waals surface area contributed by atoms with Crippen molar-refractivity contribution < 1.29 is 0 Å². The largest absolute Gasteiger partial charge is 0.352 e. The third-order valence-electron chi connectivity index (χ3n) is 2.42. The van der Waals surface area contributed by atoms with Gasteiger partial charge in [0.2, 0.25) is 0 Å². The summed E-state index contributed by atoms with van der Waals surface area (Å²) in [5, 5.41) is 3.18. The molecule has 13 heavy (non-hydrogen) atoms. The molecule has 2 heteroatoms. The molecule has 0 saturated carbocycles. The van der Waals surface area contributed by atoms with Gasteiger partial charge in [-0.05, 0) is 25.5 Å². The third-order valence-corrected chi connectivity index (χ3v) is 2.42. The number of aromatic nitrogens is 1. The summed E-state index contributed by atoms with van der Waals surface area (Å²) in [5.74, 6) is 2.56. The molecule has 1 rings (SSSR count). The van der Waals surface area contributed by atoms with Crippen molar-refractivity contribution in [2.75, 3.05) is 6.54 Å². The average molecular weight is 176 g/mol. The Kier molecular flexibility index (Phi) is 3.16. The van der Waals surface area contributed by atoms with E-state index in [2.05, 4.69) is 42.8 Å². The van der Waals surface area contributed by atoms with Crippen LogP contribution in [0, 0.1) is 26.2 Å². The van der Waals surface area contributed by atoms with Crippen molar-refractivity contribution in [3.8, 4) is 12.3 Å². The second kappa shape index (κ2) is 4.15. The molecule has 0 saturated heterocycles. The maximum absolute atomic E-state index is 5.15. The van der Waals surface area contributed by atoms with E-state index in [1.165, 1.54) is 17.0 Å². The lowest BCUT2D eigenvalue weighted by molar-refractivity contribution is 0.755. The summed E-state index contributed by atoms with van der Waals surface area (Å²) in [6.45, 7) is 5.72. The van der Waals surface area contributed by atoms with E-state index < -0.39 is 0 Å². The topological polar surface area (TPSA) is 17.0 Å². The molecule has 0 aliphatic rings. The van der Waals surface area contributed by atoms with Gasteiger partial charge in [-0.1, -0.05) is 5.92 Å². The Morgan fingerprint density at radius 3 is 2.69 bits per heavy atom. The fourth-order valence-corrected chi connectivity index (χ4v) is 1.38. The van der Waals surface area contributed by atoms with Crippen molar-refractivity contribution in [3.05, 3.63) is 23.0 Å². The van der Waals surface area contributed by atoms with Gasteiger partial charge in [-0.25, -0.2) is 0 Å². The minimum absolute atomic E-state index is 0.632. The van der Waals surface area contributed by atoms with E-state index in [1.807, 2.05) is 0 Å². The smallest absolute Gasteiger partial charge is 0.0576 e. The molecule has 0 amide bonds. The van der Waals surface area contributed by atoms with Gasteiger partial charge < -0.3 is 9.88 Å². The molecular formula is C11H16N2. The number of rotatable bonds is 3. The van der Waals surface area contributed by atoms with Crippen LogP contribution in [0.25, 0.3) is 0 Å². The lowest BCUT2D eigenvalue weighted by Crippen LogP contribution is -2.13. The molecule has 0 aliphatic carbocycles. The van der Waals surface area contributed by atoms with Gasteiger partial charge in [0.1, 0.15) is 0 Å². The minimum atomic E-state index is 0.632. The van der Waals surface area contributed by atoms with Crippen LogP contribution in [0.5, 0.6) is 0 Å². The van der Waals surface area contributed by atoms with Crippen LogP contribution >= 0.6 is 0 Å². The number of nitrogens with zero attached hydrogens (tertiary/aromatic N) is 1. The number of nitrogens with one attached hydrogen (secondary N) is 1. The van der Waals surface area contributed by atoms with Gasteiger partial charge in [0.15, 0.2) is 0 Å². The van der Waals surface area contributed by atoms with E-state index in [0.717, 1.165) is 6.54 Å². The summed E-state index contributed by atoms with van der Waals surface area (Å²) in [7, 11) is 2.08. The first-order chi connectivity index (χ1) is 6.16. The predicted molar refractivity (Wildman–Crippen MR) is 55.4 cm³/mol. The zero-order chi connectivity index (χ0) is 9.84. The second-order valence-corrected chi connectivity index (χ2v) is 3.26. The number of hydrogen-bond acceptors (Lipinski definition) is 1. The Morgan fingerprint density at radius 1 is 1.54 bits per heavy atom. The van der Waals surface area contributed by atoms with Crippen LogP contribution in [0.3, 0.4) is 0 Å². The van der Waals surface area contributed by atoms with Crippen molar-refractivity contribution in [2.45, 2.75) is 20.4 Å². The highest BCUT2D eigenvalue weighted by molar-refractivity contribution is 5.26. The van der Waals surface area contributed by atoms with Crippen LogP contribution in [0.2, 0.25) is 0 Å². The first-order valence-electron chi connectivity index (χ1n) is 4.42. The van der Waals surface area contributed by atoms with Crippen molar-refractivity contribution >= 4 is 0 Å². The summed E-state index contributed by atoms with van der Waals surface area (Å²) in [4.78, 5) is 0. The van der Waals surface area contributed by atoms with Gasteiger partial charge >= 0.3 is 0 Å². The lowest BCUT2D eigenvalue weighted by Gasteiger charge is -2.02. The van der Waals surface area contributed by atoms with Gasteiger partial charge in [0, 0.05) is 25.0 Å². The Labute approximate surface area is 80.0 Å². The SMILES string of the molecule is C#CCNCc1cc(C)n(C)c1C. The quantitative estimate of drug-likeness (QED) is 0.543. The van der Waals surface area contributed by atoms with Crippen molar-refractivity contribution in [1.29, 1.82) is 0 Å². The minimum Gasteiger partial charge on any atom is -0.352 e. The van der Waals surface area contributed by atoms with Crippen molar-refractivity contribution in [1.82, 2.24) is 9.88 Å². The standard InChI is InChI=1S/C11H16N2/c1-5-6-12-8-11-7-9(2)13(4)10(11)3/h1,7,12H,6,8H2,2-4H3. The highest BCUT2D eigenvalue weighted by Crippen LogP contribution is 2.12. The molecule has 0 fully saturated rings. The summed E-state index contributed by atoms with van der Waals surface area (Å²) in [5.41, 5.74) is 3.92. The molecular weight excluding hydrogens is 160 g/mol. The molecule has 1 aromatic heterocycles. The first-order valence-corrected chi connectivity index (χ1v) is 4.42. The molecule has 1 aromatic rings. The molecule has 2 nitrogen and oxygen atoms in total. The molecule has 0 spiro atoms. The highest BCUT2D eigenvalue weighted by Gasteiger charge is 2.04. The molecule has 0 aliphatic heterocycles. The summed E-state index contributed by atoms with van der Waals surface area (Å²) in [6.07, 6.45) is 5.15. The number of aryl methyl sites for hydroxylation is 1. The molecule has 0 aromatic carbocycles. The van der Waals surface area contributed by atoms with E-state index in [0.29, 0.717) is 6.54 Å². The van der Waals surface area contributed by atoms with Gasteiger partial charge in [-0.2, -0.15) is 0 Å². The van der Waals surface area contributed by atoms with Crippen LogP contribution in [0.15, 0.2) is 6.07 Å². The van der Waals surface area contributed by atoms with Crippen molar-refractivity contribution in [3.63, 3.8) is 0 Å². The molecule has 0 atom stereocenters. The molecule has 0 bridgehead atoms. The van der Waals surface area contributed by atoms with Gasteiger partial charge in [0.05, 0.1) is 6.54 Å². The maximum Gasteiger partial charge on any atom is 0.0576 e. The van der Waals surface area contributed by atoms with Crippen LogP contribution in [0.4, 0.5) is 0 Å². The summed E-state index contributed by atoms with van der Waals surface area (Å²) in [6, 6.07) is 2.19. The lowest BCUT2D eigenvalue weighted by atomic mass is 10.2. The molecule has 1 heterocycles. The van der Waals surface area contributed by atoms with Gasteiger partial charge in [0.25, 0.3) is 0 Å². The highest BCUT2D eigenvalue weighted by atomic mass is 15.0. The monoisotopic (exact) mass is 176 g/mol. The summed E-state index contributed by atoms with van der Waals surface area (Å²) >= 11 is 0. The second-order valence-electron chi connectivity index (χ2n) is 3.26. The van der Waals surface area contributed by atoms with E-state index in [4.69, 9.17) is 6.42 Å². The van der Waals surface area contributed by atoms with E-state index in [1.54, 1.807) is 0 Å². The number of terminal acetylenes is 1. The fraction of sp³-hybridized carbons (Fsp3) is 0.455. The predicted octanol–water partition coefficient (Wildman–Crippen LogP) is 1.36. The van der Waals surface area contributed by atoms with E-state index in [-0.39, 0.29) is 0 Å². The Hall–Kier alpha value is -1.20. The zero-order valence-electron chi connectivity index (χ0n) is 8.52. The Balaban J connectivity index is 2.68. The summed E-state index contributed by atoms with van der Waals surface area (Å²) < 4.78 is 2.19. The molecule has 70 valence electrons. The third kappa shape index (κ3) is 2.13.